The Morgan fingerprint density at radius 3 is 2.67 bits per heavy atom. The van der Waals surface area contributed by atoms with Gasteiger partial charge in [0.05, 0.1) is 0 Å². The molecule has 2 heterocycles. The van der Waals surface area contributed by atoms with E-state index in [0.29, 0.717) is 5.69 Å². The van der Waals surface area contributed by atoms with Gasteiger partial charge in [0.1, 0.15) is 23.7 Å². The fourth-order valence-electron chi connectivity index (χ4n) is 1.38. The number of halogens is 3. The molecule has 0 N–H and O–H groups in total. The summed E-state index contributed by atoms with van der Waals surface area (Å²) in [5, 5.41) is 12.2. The fourth-order valence-corrected chi connectivity index (χ4v) is 1.64. The van der Waals surface area contributed by atoms with Crippen LogP contribution in [0.3, 0.4) is 0 Å². The van der Waals surface area contributed by atoms with Crippen LogP contribution >= 0.6 is 11.6 Å². The Morgan fingerprint density at radius 1 is 1.44 bits per heavy atom. The molecule has 0 fully saturated rings. The first-order valence-corrected chi connectivity index (χ1v) is 5.18. The summed E-state index contributed by atoms with van der Waals surface area (Å²) in [4.78, 5) is 7.74. The van der Waals surface area contributed by atoms with Crippen molar-refractivity contribution in [1.82, 2.24) is 19.7 Å². The molecule has 0 aliphatic rings. The molecule has 0 aliphatic heterocycles. The summed E-state index contributed by atoms with van der Waals surface area (Å²) in [6, 6.07) is 3.13. The number of nitriles is 1. The summed E-state index contributed by atoms with van der Waals surface area (Å²) in [7, 11) is 0. The average Bonchev–Trinajstić information content (AvgIpc) is 2.66. The molecule has 2 rings (SSSR count). The summed E-state index contributed by atoms with van der Waals surface area (Å²) in [6.45, 7) is 1.71. The van der Waals surface area contributed by atoms with Crippen molar-refractivity contribution in [3.63, 3.8) is 0 Å². The Bertz CT molecular complexity index is 632. The molecule has 0 amide bonds. The third kappa shape index (κ3) is 2.02. The molecule has 2 aromatic rings. The van der Waals surface area contributed by atoms with Crippen LogP contribution in [0.2, 0.25) is 5.15 Å². The van der Waals surface area contributed by atoms with Gasteiger partial charge in [-0.25, -0.2) is 23.4 Å². The van der Waals surface area contributed by atoms with Crippen LogP contribution in [0.4, 0.5) is 8.78 Å². The van der Waals surface area contributed by atoms with Gasteiger partial charge in [0.2, 0.25) is 0 Å². The Balaban J connectivity index is 2.63. The van der Waals surface area contributed by atoms with E-state index in [-0.39, 0.29) is 16.5 Å². The number of hydrogen-bond donors (Lipinski definition) is 0. The van der Waals surface area contributed by atoms with Gasteiger partial charge in [-0.2, -0.15) is 10.4 Å². The second-order valence-electron chi connectivity index (χ2n) is 3.39. The minimum Gasteiger partial charge on any atom is -0.242 e. The topological polar surface area (TPSA) is 67.4 Å². The summed E-state index contributed by atoms with van der Waals surface area (Å²) >= 11 is 5.84. The largest absolute Gasteiger partial charge is 0.283 e. The smallest absolute Gasteiger partial charge is 0.242 e. The van der Waals surface area contributed by atoms with Crippen LogP contribution in [0.15, 0.2) is 12.4 Å². The highest BCUT2D eigenvalue weighted by Crippen LogP contribution is 2.28. The van der Waals surface area contributed by atoms with Gasteiger partial charge in [-0.15, -0.1) is 0 Å². The standard InChI is InChI=1S/C10H6ClF2N5/c1-5-2-7(16-4-15-5)18-9(11)6(3-14)8(17-18)10(12)13/h2,4,10H,1H3. The van der Waals surface area contributed by atoms with E-state index in [0.717, 1.165) is 4.68 Å². The zero-order chi connectivity index (χ0) is 13.3. The van der Waals surface area contributed by atoms with Crippen LogP contribution < -0.4 is 0 Å². The average molecular weight is 270 g/mol. The predicted octanol–water partition coefficient (Wildman–Crippen LogP) is 2.43. The number of hydrogen-bond acceptors (Lipinski definition) is 4. The van der Waals surface area contributed by atoms with Crippen LogP contribution in [-0.2, 0) is 0 Å². The molecule has 0 spiro atoms. The van der Waals surface area contributed by atoms with E-state index in [2.05, 4.69) is 15.1 Å². The Hall–Kier alpha value is -2.07. The van der Waals surface area contributed by atoms with Gasteiger partial charge in [0.15, 0.2) is 11.0 Å². The van der Waals surface area contributed by atoms with Crippen LogP contribution in [0.25, 0.3) is 5.82 Å². The van der Waals surface area contributed by atoms with Crippen molar-refractivity contribution in [3.05, 3.63) is 34.5 Å². The second-order valence-corrected chi connectivity index (χ2v) is 3.75. The summed E-state index contributed by atoms with van der Waals surface area (Å²) < 4.78 is 26.4. The fraction of sp³-hybridized carbons (Fsp3) is 0.200. The summed E-state index contributed by atoms with van der Waals surface area (Å²) in [6.07, 6.45) is -1.61. The maximum Gasteiger partial charge on any atom is 0.283 e. The third-order valence-electron chi connectivity index (χ3n) is 2.18. The lowest BCUT2D eigenvalue weighted by molar-refractivity contribution is 0.145. The van der Waals surface area contributed by atoms with Gasteiger partial charge in [0.25, 0.3) is 6.43 Å². The predicted molar refractivity (Wildman–Crippen MR) is 58.6 cm³/mol. The summed E-state index contributed by atoms with van der Waals surface area (Å²) in [5.41, 5.74) is -0.370. The van der Waals surface area contributed by atoms with Gasteiger partial charge < -0.3 is 0 Å². The Labute approximate surface area is 106 Å². The molecule has 0 unspecified atom stereocenters. The van der Waals surface area contributed by atoms with E-state index >= 15 is 0 Å². The van der Waals surface area contributed by atoms with E-state index < -0.39 is 12.1 Å². The third-order valence-corrected chi connectivity index (χ3v) is 2.53. The zero-order valence-electron chi connectivity index (χ0n) is 9.10. The lowest BCUT2D eigenvalue weighted by Crippen LogP contribution is -2.01. The van der Waals surface area contributed by atoms with Crippen molar-refractivity contribution in [2.75, 3.05) is 0 Å². The van der Waals surface area contributed by atoms with Gasteiger partial charge in [-0.3, -0.25) is 0 Å². The van der Waals surface area contributed by atoms with Crippen molar-refractivity contribution in [1.29, 1.82) is 5.26 Å². The number of aromatic nitrogens is 4. The lowest BCUT2D eigenvalue weighted by Gasteiger charge is -2.01. The van der Waals surface area contributed by atoms with Crippen molar-refractivity contribution in [2.24, 2.45) is 0 Å². The minimum absolute atomic E-state index is 0.189. The SMILES string of the molecule is Cc1cc(-n2nc(C(F)F)c(C#N)c2Cl)ncn1. The highest BCUT2D eigenvalue weighted by Gasteiger charge is 2.24. The van der Waals surface area contributed by atoms with Crippen LogP contribution in [0, 0.1) is 18.3 Å². The molecule has 18 heavy (non-hydrogen) atoms. The molecule has 2 aromatic heterocycles. The first-order valence-electron chi connectivity index (χ1n) is 4.80. The van der Waals surface area contributed by atoms with Crippen LogP contribution in [0.5, 0.6) is 0 Å². The van der Waals surface area contributed by atoms with Crippen molar-refractivity contribution in [3.8, 4) is 11.9 Å². The molecule has 0 aliphatic carbocycles. The molecule has 5 nitrogen and oxygen atoms in total. The molecule has 92 valence electrons. The highest BCUT2D eigenvalue weighted by atomic mass is 35.5. The van der Waals surface area contributed by atoms with Crippen LogP contribution in [-0.4, -0.2) is 19.7 Å². The van der Waals surface area contributed by atoms with E-state index in [1.54, 1.807) is 13.0 Å². The van der Waals surface area contributed by atoms with E-state index in [1.165, 1.54) is 12.4 Å². The van der Waals surface area contributed by atoms with Crippen molar-refractivity contribution >= 4 is 11.6 Å². The van der Waals surface area contributed by atoms with Crippen molar-refractivity contribution < 1.29 is 8.78 Å². The van der Waals surface area contributed by atoms with E-state index in [1.807, 2.05) is 0 Å². The minimum atomic E-state index is -2.87. The second kappa shape index (κ2) is 4.66. The number of alkyl halides is 2. The molecule has 8 heteroatoms. The quantitative estimate of drug-likeness (QED) is 0.840. The highest BCUT2D eigenvalue weighted by molar-refractivity contribution is 6.31. The first-order chi connectivity index (χ1) is 8.54. The number of nitrogens with zero attached hydrogens (tertiary/aromatic N) is 5. The molecule has 0 radical (unpaired) electrons. The van der Waals surface area contributed by atoms with Gasteiger partial charge in [-0.05, 0) is 6.92 Å². The number of aryl methyl sites for hydroxylation is 1. The molecular formula is C10H6ClF2N5. The molecular weight excluding hydrogens is 264 g/mol. The van der Waals surface area contributed by atoms with Crippen molar-refractivity contribution in [2.45, 2.75) is 13.3 Å². The summed E-state index contributed by atoms with van der Waals surface area (Å²) in [5.74, 6) is 0.232. The first kappa shape index (κ1) is 12.4. The molecule has 0 saturated carbocycles. The van der Waals surface area contributed by atoms with E-state index in [9.17, 15) is 8.78 Å². The number of rotatable bonds is 2. The van der Waals surface area contributed by atoms with E-state index in [4.69, 9.17) is 16.9 Å². The van der Waals surface area contributed by atoms with Gasteiger partial charge in [0, 0.05) is 11.8 Å². The zero-order valence-corrected chi connectivity index (χ0v) is 9.86. The maximum atomic E-state index is 12.7. The maximum absolute atomic E-state index is 12.7. The Kier molecular flexibility index (Phi) is 3.21. The van der Waals surface area contributed by atoms with Crippen LogP contribution in [0.1, 0.15) is 23.4 Å². The lowest BCUT2D eigenvalue weighted by atomic mass is 10.3. The monoisotopic (exact) mass is 269 g/mol. The molecule has 0 bridgehead atoms. The molecule has 0 aromatic carbocycles. The normalized spacial score (nSPS) is 10.7. The van der Waals surface area contributed by atoms with Gasteiger partial charge in [-0.1, -0.05) is 11.6 Å². The Morgan fingerprint density at radius 2 is 2.17 bits per heavy atom. The molecule has 0 saturated heterocycles. The van der Waals surface area contributed by atoms with Gasteiger partial charge >= 0.3 is 0 Å². The molecule has 0 atom stereocenters.